The lowest BCUT2D eigenvalue weighted by Gasteiger charge is -2.12. The molecule has 0 aliphatic rings. The molecule has 0 saturated heterocycles. The molecule has 0 spiro atoms. The summed E-state index contributed by atoms with van der Waals surface area (Å²) >= 11 is 0. The highest BCUT2D eigenvalue weighted by molar-refractivity contribution is 7.92. The monoisotopic (exact) mass is 473 g/mol. The summed E-state index contributed by atoms with van der Waals surface area (Å²) < 4.78 is 51.0. The minimum absolute atomic E-state index is 0.0672. The normalized spacial score (nSPS) is 10.8. The SMILES string of the molecule is COc1cc(C(=O)Nc2ccc(S(=O)(=O)Nc3cccc(F)c3)cc2)ccc1OCC(N)=O. The zero-order chi connectivity index (χ0) is 24.0. The van der Waals surface area contributed by atoms with E-state index in [-0.39, 0.29) is 34.3 Å². The van der Waals surface area contributed by atoms with E-state index < -0.39 is 27.7 Å². The average molecular weight is 473 g/mol. The first-order valence-electron chi connectivity index (χ1n) is 9.47. The van der Waals surface area contributed by atoms with E-state index >= 15 is 0 Å². The minimum atomic E-state index is -3.95. The molecule has 2 amide bonds. The van der Waals surface area contributed by atoms with E-state index in [4.69, 9.17) is 15.2 Å². The van der Waals surface area contributed by atoms with Gasteiger partial charge in [-0.05, 0) is 60.7 Å². The van der Waals surface area contributed by atoms with Crippen molar-refractivity contribution >= 4 is 33.2 Å². The number of halogens is 1. The molecule has 0 aliphatic heterocycles. The molecule has 3 aromatic rings. The summed E-state index contributed by atoms with van der Waals surface area (Å²) in [5.41, 5.74) is 5.72. The second kappa shape index (κ2) is 10.0. The fourth-order valence-electron chi connectivity index (χ4n) is 2.76. The van der Waals surface area contributed by atoms with Crippen LogP contribution in [0.2, 0.25) is 0 Å². The van der Waals surface area contributed by atoms with Crippen molar-refractivity contribution in [1.29, 1.82) is 0 Å². The third kappa shape index (κ3) is 6.20. The van der Waals surface area contributed by atoms with Gasteiger partial charge in [-0.25, -0.2) is 12.8 Å². The minimum Gasteiger partial charge on any atom is -0.493 e. The van der Waals surface area contributed by atoms with Crippen molar-refractivity contribution in [2.45, 2.75) is 4.90 Å². The Morgan fingerprint density at radius 3 is 2.33 bits per heavy atom. The maximum atomic E-state index is 13.3. The Hall–Kier alpha value is -4.12. The van der Waals surface area contributed by atoms with E-state index in [0.717, 1.165) is 6.07 Å². The van der Waals surface area contributed by atoms with Crippen LogP contribution in [0.15, 0.2) is 71.6 Å². The van der Waals surface area contributed by atoms with Gasteiger partial charge in [-0.15, -0.1) is 0 Å². The molecule has 3 rings (SSSR count). The van der Waals surface area contributed by atoms with Crippen molar-refractivity contribution in [1.82, 2.24) is 0 Å². The Bertz CT molecular complexity index is 1280. The van der Waals surface area contributed by atoms with Crippen LogP contribution >= 0.6 is 0 Å². The Kier molecular flexibility index (Phi) is 7.13. The summed E-state index contributed by atoms with van der Waals surface area (Å²) in [5, 5.41) is 2.64. The van der Waals surface area contributed by atoms with Crippen LogP contribution in [0.1, 0.15) is 10.4 Å². The number of methoxy groups -OCH3 is 1. The number of hydrogen-bond donors (Lipinski definition) is 3. The van der Waals surface area contributed by atoms with Crippen LogP contribution in [-0.2, 0) is 14.8 Å². The molecule has 3 aromatic carbocycles. The number of sulfonamides is 1. The highest BCUT2D eigenvalue weighted by Gasteiger charge is 2.16. The van der Waals surface area contributed by atoms with E-state index in [2.05, 4.69) is 10.0 Å². The van der Waals surface area contributed by atoms with Gasteiger partial charge < -0.3 is 20.5 Å². The zero-order valence-electron chi connectivity index (χ0n) is 17.4. The van der Waals surface area contributed by atoms with E-state index in [9.17, 15) is 22.4 Å². The molecular formula is C22H20FN3O6S. The molecule has 0 aromatic heterocycles. The van der Waals surface area contributed by atoms with Gasteiger partial charge in [-0.1, -0.05) is 6.07 Å². The maximum absolute atomic E-state index is 13.3. The summed E-state index contributed by atoms with van der Waals surface area (Å²) in [6.07, 6.45) is 0. The first-order chi connectivity index (χ1) is 15.7. The van der Waals surface area contributed by atoms with Crippen LogP contribution < -0.4 is 25.2 Å². The molecule has 11 heteroatoms. The van der Waals surface area contributed by atoms with Crippen molar-refractivity contribution in [3.05, 3.63) is 78.1 Å². The van der Waals surface area contributed by atoms with Crippen molar-refractivity contribution in [3.63, 3.8) is 0 Å². The van der Waals surface area contributed by atoms with Gasteiger partial charge in [0.15, 0.2) is 18.1 Å². The van der Waals surface area contributed by atoms with Crippen LogP contribution in [0.5, 0.6) is 11.5 Å². The van der Waals surface area contributed by atoms with Crippen LogP contribution in [0.4, 0.5) is 15.8 Å². The molecule has 0 fully saturated rings. The van der Waals surface area contributed by atoms with Crippen LogP contribution in [0.3, 0.4) is 0 Å². The van der Waals surface area contributed by atoms with Gasteiger partial charge in [0, 0.05) is 11.3 Å². The molecule has 0 saturated carbocycles. The second-order valence-electron chi connectivity index (χ2n) is 6.71. The third-order valence-electron chi connectivity index (χ3n) is 4.30. The number of nitrogens with one attached hydrogen (secondary N) is 2. The number of rotatable bonds is 9. The smallest absolute Gasteiger partial charge is 0.261 e. The summed E-state index contributed by atoms with van der Waals surface area (Å²) in [6, 6.07) is 14.9. The van der Waals surface area contributed by atoms with E-state index in [0.29, 0.717) is 5.69 Å². The van der Waals surface area contributed by atoms with Crippen LogP contribution in [-0.4, -0.2) is 33.9 Å². The fourth-order valence-corrected chi connectivity index (χ4v) is 3.81. The van der Waals surface area contributed by atoms with Gasteiger partial charge in [0.05, 0.1) is 17.7 Å². The number of ether oxygens (including phenoxy) is 2. The van der Waals surface area contributed by atoms with E-state index in [1.54, 1.807) is 0 Å². The molecule has 33 heavy (non-hydrogen) atoms. The Morgan fingerprint density at radius 2 is 1.70 bits per heavy atom. The number of carbonyl (C=O) groups excluding carboxylic acids is 2. The van der Waals surface area contributed by atoms with Crippen molar-refractivity contribution < 1.29 is 31.9 Å². The number of hydrogen-bond acceptors (Lipinski definition) is 6. The molecule has 0 aliphatic carbocycles. The lowest BCUT2D eigenvalue weighted by atomic mass is 10.2. The van der Waals surface area contributed by atoms with Gasteiger partial charge in [0.25, 0.3) is 21.8 Å². The summed E-state index contributed by atoms with van der Waals surface area (Å²) in [7, 11) is -2.57. The van der Waals surface area contributed by atoms with E-state index in [1.165, 1.54) is 67.8 Å². The van der Waals surface area contributed by atoms with Gasteiger partial charge in [0.2, 0.25) is 0 Å². The van der Waals surface area contributed by atoms with Gasteiger partial charge >= 0.3 is 0 Å². The largest absolute Gasteiger partial charge is 0.493 e. The average Bonchev–Trinajstić information content (AvgIpc) is 2.77. The first kappa shape index (κ1) is 23.5. The van der Waals surface area contributed by atoms with Crippen molar-refractivity contribution in [3.8, 4) is 11.5 Å². The Morgan fingerprint density at radius 1 is 0.970 bits per heavy atom. The third-order valence-corrected chi connectivity index (χ3v) is 5.69. The van der Waals surface area contributed by atoms with Crippen LogP contribution in [0.25, 0.3) is 0 Å². The maximum Gasteiger partial charge on any atom is 0.261 e. The number of amides is 2. The lowest BCUT2D eigenvalue weighted by Crippen LogP contribution is -2.20. The number of benzene rings is 3. The molecule has 9 nitrogen and oxygen atoms in total. The lowest BCUT2D eigenvalue weighted by molar-refractivity contribution is -0.119. The molecule has 0 atom stereocenters. The summed E-state index contributed by atoms with van der Waals surface area (Å²) in [6.45, 7) is -0.342. The Balaban J connectivity index is 1.70. The molecular weight excluding hydrogens is 453 g/mol. The highest BCUT2D eigenvalue weighted by Crippen LogP contribution is 2.28. The van der Waals surface area contributed by atoms with Gasteiger partial charge in [-0.2, -0.15) is 0 Å². The molecule has 0 radical (unpaired) electrons. The van der Waals surface area contributed by atoms with Gasteiger partial charge in [-0.3, -0.25) is 14.3 Å². The first-order valence-corrected chi connectivity index (χ1v) is 11.0. The number of carbonyl (C=O) groups is 2. The topological polar surface area (TPSA) is 137 Å². The van der Waals surface area contributed by atoms with Crippen molar-refractivity contribution in [2.75, 3.05) is 23.8 Å². The number of anilines is 2. The van der Waals surface area contributed by atoms with Crippen molar-refractivity contribution in [2.24, 2.45) is 5.73 Å². The van der Waals surface area contributed by atoms with E-state index in [1.807, 2.05) is 0 Å². The quantitative estimate of drug-likeness (QED) is 0.437. The number of primary amides is 1. The number of nitrogens with two attached hydrogens (primary N) is 1. The summed E-state index contributed by atoms with van der Waals surface area (Å²) in [4.78, 5) is 23.4. The predicted molar refractivity (Wildman–Crippen MR) is 119 cm³/mol. The zero-order valence-corrected chi connectivity index (χ0v) is 18.2. The highest BCUT2D eigenvalue weighted by atomic mass is 32.2. The molecule has 0 heterocycles. The standard InChI is InChI=1S/C22H20FN3O6S/c1-31-20-11-14(5-10-19(20)32-13-21(24)27)22(28)25-16-6-8-18(9-7-16)33(29,30)26-17-4-2-3-15(23)12-17/h2-12,26H,13H2,1H3,(H2,24,27)(H,25,28). The molecule has 172 valence electrons. The van der Waals surface area contributed by atoms with Gasteiger partial charge in [0.1, 0.15) is 5.82 Å². The summed E-state index contributed by atoms with van der Waals surface area (Å²) in [5.74, 6) is -1.24. The second-order valence-corrected chi connectivity index (χ2v) is 8.40. The molecule has 4 N–H and O–H groups in total. The molecule has 0 bridgehead atoms. The predicted octanol–water partition coefficient (Wildman–Crippen LogP) is 2.75. The van der Waals surface area contributed by atoms with Crippen LogP contribution in [0, 0.1) is 5.82 Å². The fraction of sp³-hybridized carbons (Fsp3) is 0.0909. The Labute approximate surface area is 189 Å². The molecule has 0 unspecified atom stereocenters.